The van der Waals surface area contributed by atoms with E-state index >= 15 is 0 Å². The summed E-state index contributed by atoms with van der Waals surface area (Å²) < 4.78 is 13.7. The van der Waals surface area contributed by atoms with Crippen LogP contribution in [0.25, 0.3) is 11.0 Å². The van der Waals surface area contributed by atoms with Crippen LogP contribution >= 0.6 is 24.8 Å². The molecular formula is C16H21Cl2FN4O. The third-order valence-corrected chi connectivity index (χ3v) is 5.16. The van der Waals surface area contributed by atoms with E-state index in [0.717, 1.165) is 39.0 Å². The quantitative estimate of drug-likeness (QED) is 0.806. The van der Waals surface area contributed by atoms with Gasteiger partial charge in [0.2, 0.25) is 0 Å². The number of carbonyl (C=O) groups is 1. The number of hydrogen-bond acceptors (Lipinski definition) is 3. The first kappa shape index (κ1) is 19.0. The van der Waals surface area contributed by atoms with E-state index in [2.05, 4.69) is 15.3 Å². The Balaban J connectivity index is 0.00000104. The first-order chi connectivity index (χ1) is 10.7. The van der Waals surface area contributed by atoms with Crippen molar-refractivity contribution in [2.45, 2.75) is 19.3 Å². The van der Waals surface area contributed by atoms with Crippen molar-refractivity contribution in [2.75, 3.05) is 26.2 Å². The molecule has 4 rings (SSSR count). The van der Waals surface area contributed by atoms with Crippen LogP contribution in [0.1, 0.15) is 29.6 Å². The van der Waals surface area contributed by atoms with Crippen LogP contribution in [0.3, 0.4) is 0 Å². The number of benzene rings is 1. The fourth-order valence-electron chi connectivity index (χ4n) is 3.75. The van der Waals surface area contributed by atoms with Crippen molar-refractivity contribution in [1.82, 2.24) is 20.2 Å². The molecule has 2 N–H and O–H groups in total. The zero-order chi connectivity index (χ0) is 15.2. The zero-order valence-corrected chi connectivity index (χ0v) is 14.8. The summed E-state index contributed by atoms with van der Waals surface area (Å²) in [6.45, 7) is 3.61. The number of piperidine rings is 1. The number of fused-ring (bicyclic) bond motifs is 1. The fraction of sp³-hybridized carbons (Fsp3) is 0.500. The molecule has 0 unspecified atom stereocenters. The van der Waals surface area contributed by atoms with Crippen LogP contribution in [-0.2, 0) is 0 Å². The van der Waals surface area contributed by atoms with E-state index in [1.807, 2.05) is 4.90 Å². The number of halogens is 3. The lowest BCUT2D eigenvalue weighted by Crippen LogP contribution is -2.44. The number of hydrogen-bond donors (Lipinski definition) is 2. The second kappa shape index (κ2) is 7.25. The van der Waals surface area contributed by atoms with E-state index in [4.69, 9.17) is 0 Å². The number of carbonyl (C=O) groups excluding carboxylic acids is 1. The number of imidazole rings is 1. The lowest BCUT2D eigenvalue weighted by molar-refractivity contribution is 0.0609. The number of aromatic amines is 1. The Labute approximate surface area is 152 Å². The van der Waals surface area contributed by atoms with Gasteiger partial charge in [0.05, 0.1) is 17.4 Å². The molecule has 8 heteroatoms. The van der Waals surface area contributed by atoms with Crippen LogP contribution in [0.4, 0.5) is 4.39 Å². The molecule has 0 aliphatic carbocycles. The van der Waals surface area contributed by atoms with E-state index in [1.165, 1.54) is 24.9 Å². The summed E-state index contributed by atoms with van der Waals surface area (Å²) in [5.41, 5.74) is 1.84. The van der Waals surface area contributed by atoms with E-state index in [1.54, 1.807) is 0 Å². The van der Waals surface area contributed by atoms with Gasteiger partial charge in [-0.1, -0.05) is 0 Å². The number of aromatic nitrogens is 2. The highest BCUT2D eigenvalue weighted by molar-refractivity contribution is 6.04. The summed E-state index contributed by atoms with van der Waals surface area (Å²) in [4.78, 5) is 21.6. The van der Waals surface area contributed by atoms with E-state index in [9.17, 15) is 9.18 Å². The topological polar surface area (TPSA) is 61.0 Å². The Kier molecular flexibility index (Phi) is 5.73. The van der Waals surface area contributed by atoms with Gasteiger partial charge in [0.1, 0.15) is 11.3 Å². The van der Waals surface area contributed by atoms with Crippen molar-refractivity contribution in [3.63, 3.8) is 0 Å². The maximum atomic E-state index is 13.7. The van der Waals surface area contributed by atoms with Crippen LogP contribution in [0.15, 0.2) is 18.5 Å². The Morgan fingerprint density at radius 3 is 2.62 bits per heavy atom. The number of likely N-dealkylation sites (tertiary alicyclic amines) is 1. The molecule has 132 valence electrons. The second-order valence-corrected chi connectivity index (χ2v) is 6.47. The number of H-pyrrole nitrogens is 1. The summed E-state index contributed by atoms with van der Waals surface area (Å²) in [6.07, 6.45) is 4.73. The minimum Gasteiger partial charge on any atom is -0.344 e. The molecule has 2 aliphatic rings. The van der Waals surface area contributed by atoms with Gasteiger partial charge in [-0.3, -0.25) is 4.79 Å². The minimum atomic E-state index is -0.409. The molecule has 1 spiro atoms. The summed E-state index contributed by atoms with van der Waals surface area (Å²) in [6, 6.07) is 2.67. The molecule has 1 aromatic carbocycles. The van der Waals surface area contributed by atoms with Crippen molar-refractivity contribution >= 4 is 41.8 Å². The fourth-order valence-corrected chi connectivity index (χ4v) is 3.75. The Morgan fingerprint density at radius 1 is 1.21 bits per heavy atom. The van der Waals surface area contributed by atoms with Gasteiger partial charge in [-0.15, -0.1) is 24.8 Å². The molecule has 5 nitrogen and oxygen atoms in total. The summed E-state index contributed by atoms with van der Waals surface area (Å²) in [5, 5.41) is 3.42. The Morgan fingerprint density at radius 2 is 1.96 bits per heavy atom. The molecular weight excluding hydrogens is 354 g/mol. The van der Waals surface area contributed by atoms with Gasteiger partial charge >= 0.3 is 0 Å². The molecule has 0 bridgehead atoms. The number of amides is 1. The zero-order valence-electron chi connectivity index (χ0n) is 13.2. The average molecular weight is 375 g/mol. The van der Waals surface area contributed by atoms with Crippen molar-refractivity contribution in [3.05, 3.63) is 29.8 Å². The summed E-state index contributed by atoms with van der Waals surface area (Å²) in [7, 11) is 0. The van der Waals surface area contributed by atoms with Gasteiger partial charge in [-0.2, -0.15) is 0 Å². The predicted octanol–water partition coefficient (Wildman–Crippen LogP) is 2.76. The van der Waals surface area contributed by atoms with Gasteiger partial charge < -0.3 is 15.2 Å². The molecule has 24 heavy (non-hydrogen) atoms. The average Bonchev–Trinajstić information content (AvgIpc) is 3.16. The first-order valence-corrected chi connectivity index (χ1v) is 7.80. The number of nitrogens with zero attached hydrogens (tertiary/aromatic N) is 2. The van der Waals surface area contributed by atoms with E-state index in [-0.39, 0.29) is 30.7 Å². The largest absolute Gasteiger partial charge is 0.344 e. The molecule has 0 atom stereocenters. The normalized spacial score (nSPS) is 19.1. The molecule has 2 aromatic rings. The van der Waals surface area contributed by atoms with Gasteiger partial charge in [-0.05, 0) is 43.4 Å². The molecule has 1 amide bonds. The van der Waals surface area contributed by atoms with E-state index in [0.29, 0.717) is 22.0 Å². The smallest absolute Gasteiger partial charge is 0.256 e. The van der Waals surface area contributed by atoms with Crippen LogP contribution in [0.5, 0.6) is 0 Å². The highest BCUT2D eigenvalue weighted by atomic mass is 35.5. The van der Waals surface area contributed by atoms with Gasteiger partial charge in [0.25, 0.3) is 5.91 Å². The van der Waals surface area contributed by atoms with Crippen LogP contribution < -0.4 is 5.32 Å². The van der Waals surface area contributed by atoms with Crippen LogP contribution in [0.2, 0.25) is 0 Å². The lowest BCUT2D eigenvalue weighted by atomic mass is 9.78. The third-order valence-electron chi connectivity index (χ3n) is 5.16. The van der Waals surface area contributed by atoms with E-state index < -0.39 is 5.82 Å². The maximum absolute atomic E-state index is 13.7. The molecule has 2 aliphatic heterocycles. The Hall–Kier alpha value is -1.37. The number of rotatable bonds is 1. The maximum Gasteiger partial charge on any atom is 0.256 e. The van der Waals surface area contributed by atoms with Gasteiger partial charge in [-0.25, -0.2) is 9.37 Å². The number of nitrogens with one attached hydrogen (secondary N) is 2. The highest BCUT2D eigenvalue weighted by Crippen LogP contribution is 2.37. The van der Waals surface area contributed by atoms with Crippen molar-refractivity contribution in [2.24, 2.45) is 5.41 Å². The van der Waals surface area contributed by atoms with Crippen LogP contribution in [-0.4, -0.2) is 47.0 Å². The van der Waals surface area contributed by atoms with Gasteiger partial charge in [0, 0.05) is 19.6 Å². The minimum absolute atomic E-state index is 0. The monoisotopic (exact) mass is 374 g/mol. The first-order valence-electron chi connectivity index (χ1n) is 7.80. The molecule has 1 aromatic heterocycles. The van der Waals surface area contributed by atoms with Crippen molar-refractivity contribution < 1.29 is 9.18 Å². The lowest BCUT2D eigenvalue weighted by Gasteiger charge is -2.38. The Bertz CT molecular complexity index is 720. The third kappa shape index (κ3) is 3.23. The van der Waals surface area contributed by atoms with Crippen LogP contribution in [0, 0.1) is 11.2 Å². The molecule has 2 fully saturated rings. The molecule has 0 saturated carbocycles. The molecule has 2 saturated heterocycles. The van der Waals surface area contributed by atoms with Crippen molar-refractivity contribution in [1.29, 1.82) is 0 Å². The van der Waals surface area contributed by atoms with Crippen molar-refractivity contribution in [3.8, 4) is 0 Å². The highest BCUT2D eigenvalue weighted by Gasteiger charge is 2.38. The molecule has 0 radical (unpaired) electrons. The summed E-state index contributed by atoms with van der Waals surface area (Å²) >= 11 is 0. The standard InChI is InChI=1S/C16H19FN4O.2ClH/c17-11-7-12(14-13(8-11)19-10-20-14)15(22)21-5-2-16(3-6-21)1-4-18-9-16;;/h7-8,10,18H,1-6,9H2,(H,19,20);2*1H. The second-order valence-electron chi connectivity index (χ2n) is 6.47. The molecule has 3 heterocycles. The summed E-state index contributed by atoms with van der Waals surface area (Å²) in [5.74, 6) is -0.522. The predicted molar refractivity (Wildman–Crippen MR) is 95.6 cm³/mol. The van der Waals surface area contributed by atoms with Gasteiger partial charge in [0.15, 0.2) is 0 Å². The SMILES string of the molecule is Cl.Cl.O=C(c1cc(F)cc2[nH]cnc12)N1CCC2(CCNC2)CC1.